The lowest BCUT2D eigenvalue weighted by Crippen LogP contribution is -2.46. The molecule has 1 heterocycles. The van der Waals surface area contributed by atoms with E-state index in [0.29, 0.717) is 18.9 Å². The van der Waals surface area contributed by atoms with Gasteiger partial charge in [0.2, 0.25) is 5.91 Å². The number of carbonyl (C=O) groups excluding carboxylic acids is 2. The molecule has 5 nitrogen and oxygen atoms in total. The first-order valence-electron chi connectivity index (χ1n) is 8.07. The van der Waals surface area contributed by atoms with E-state index >= 15 is 0 Å². The van der Waals surface area contributed by atoms with Crippen LogP contribution >= 0.6 is 11.6 Å². The number of nitrogens with zero attached hydrogens (tertiary/aromatic N) is 1. The van der Waals surface area contributed by atoms with Crippen molar-refractivity contribution in [2.75, 3.05) is 13.6 Å². The van der Waals surface area contributed by atoms with E-state index in [4.69, 9.17) is 11.6 Å². The minimum Gasteiger partial charge on any atom is -0.344 e. The Morgan fingerprint density at radius 3 is 2.74 bits per heavy atom. The van der Waals surface area contributed by atoms with E-state index in [1.54, 1.807) is 11.9 Å². The van der Waals surface area contributed by atoms with Crippen molar-refractivity contribution in [2.45, 2.75) is 43.7 Å². The third-order valence-electron chi connectivity index (χ3n) is 4.76. The number of nitrogens with one attached hydrogen (secondary N) is 2. The first-order valence-corrected chi connectivity index (χ1v) is 8.45. The number of likely N-dealkylation sites (tertiary alicyclic amines) is 1. The normalized spacial score (nSPS) is 27.3. The Hall–Kier alpha value is -1.75. The molecule has 3 amide bonds. The third kappa shape index (κ3) is 3.96. The molecule has 1 aromatic rings. The second-order valence-electron chi connectivity index (χ2n) is 6.56. The van der Waals surface area contributed by atoms with Gasteiger partial charge in [0.05, 0.1) is 6.04 Å². The number of urea groups is 1. The standard InChI is InChI=1S/C17H22ClN3O2/c1-21-10-15(9-16(21)22)20-17(23)19-14-6-5-12(8-14)11-3-2-4-13(18)7-11/h2-4,7,12,14-15H,5-6,8-10H2,1H3,(H2,19,20,23). The number of benzene rings is 1. The van der Waals surface area contributed by atoms with Crippen molar-refractivity contribution in [3.63, 3.8) is 0 Å². The molecule has 0 spiro atoms. The Kier molecular flexibility index (Phi) is 4.76. The smallest absolute Gasteiger partial charge is 0.315 e. The quantitative estimate of drug-likeness (QED) is 0.891. The Morgan fingerprint density at radius 2 is 2.04 bits per heavy atom. The van der Waals surface area contributed by atoms with Crippen molar-refractivity contribution in [2.24, 2.45) is 0 Å². The minimum atomic E-state index is -0.171. The molecule has 3 rings (SSSR count). The average molecular weight is 336 g/mol. The van der Waals surface area contributed by atoms with Crippen LogP contribution in [0.5, 0.6) is 0 Å². The van der Waals surface area contributed by atoms with Crippen LogP contribution < -0.4 is 10.6 Å². The van der Waals surface area contributed by atoms with E-state index in [-0.39, 0.29) is 24.0 Å². The van der Waals surface area contributed by atoms with Gasteiger partial charge in [-0.3, -0.25) is 4.79 Å². The number of carbonyl (C=O) groups is 2. The average Bonchev–Trinajstić information content (AvgIpc) is 3.06. The van der Waals surface area contributed by atoms with Gasteiger partial charge in [0.25, 0.3) is 0 Å². The van der Waals surface area contributed by atoms with Gasteiger partial charge < -0.3 is 15.5 Å². The maximum absolute atomic E-state index is 12.1. The second-order valence-corrected chi connectivity index (χ2v) is 6.99. The molecule has 2 fully saturated rings. The summed E-state index contributed by atoms with van der Waals surface area (Å²) < 4.78 is 0. The van der Waals surface area contributed by atoms with E-state index in [9.17, 15) is 9.59 Å². The van der Waals surface area contributed by atoms with Crippen molar-refractivity contribution in [3.05, 3.63) is 34.9 Å². The molecule has 3 unspecified atom stereocenters. The van der Waals surface area contributed by atoms with Crippen LogP contribution in [0.2, 0.25) is 5.02 Å². The fraction of sp³-hybridized carbons (Fsp3) is 0.529. The predicted molar refractivity (Wildman–Crippen MR) is 89.5 cm³/mol. The molecule has 1 saturated carbocycles. The van der Waals surface area contributed by atoms with Gasteiger partial charge in [0.15, 0.2) is 0 Å². The predicted octanol–water partition coefficient (Wildman–Crippen LogP) is 2.51. The molecule has 23 heavy (non-hydrogen) atoms. The van der Waals surface area contributed by atoms with Crippen LogP contribution in [-0.4, -0.2) is 42.5 Å². The monoisotopic (exact) mass is 335 g/mol. The van der Waals surface area contributed by atoms with E-state index in [0.717, 1.165) is 24.3 Å². The highest BCUT2D eigenvalue weighted by molar-refractivity contribution is 6.30. The lowest BCUT2D eigenvalue weighted by Gasteiger charge is -2.17. The molecule has 0 radical (unpaired) electrons. The number of rotatable bonds is 3. The van der Waals surface area contributed by atoms with E-state index in [2.05, 4.69) is 16.7 Å². The Labute approximate surface area is 141 Å². The summed E-state index contributed by atoms with van der Waals surface area (Å²) in [5.74, 6) is 0.523. The summed E-state index contributed by atoms with van der Waals surface area (Å²) in [5.41, 5.74) is 1.24. The van der Waals surface area contributed by atoms with Gasteiger partial charge in [-0.05, 0) is 42.9 Å². The summed E-state index contributed by atoms with van der Waals surface area (Å²) in [7, 11) is 1.76. The molecule has 1 aliphatic carbocycles. The van der Waals surface area contributed by atoms with Crippen LogP contribution in [0.1, 0.15) is 37.2 Å². The van der Waals surface area contributed by atoms with Crippen molar-refractivity contribution in [1.29, 1.82) is 0 Å². The second kappa shape index (κ2) is 6.79. The molecule has 1 saturated heterocycles. The zero-order valence-corrected chi connectivity index (χ0v) is 14.0. The third-order valence-corrected chi connectivity index (χ3v) is 5.00. The van der Waals surface area contributed by atoms with Crippen LogP contribution in [0, 0.1) is 0 Å². The summed E-state index contributed by atoms with van der Waals surface area (Å²) in [6.07, 6.45) is 3.33. The van der Waals surface area contributed by atoms with Crippen LogP contribution in [-0.2, 0) is 4.79 Å². The van der Waals surface area contributed by atoms with Gasteiger partial charge >= 0.3 is 6.03 Å². The first-order chi connectivity index (χ1) is 11.0. The molecular weight excluding hydrogens is 314 g/mol. The summed E-state index contributed by atoms with van der Waals surface area (Å²) in [6, 6.07) is 7.87. The van der Waals surface area contributed by atoms with E-state index < -0.39 is 0 Å². The van der Waals surface area contributed by atoms with Crippen LogP contribution in [0.3, 0.4) is 0 Å². The summed E-state index contributed by atoms with van der Waals surface area (Å²) in [6.45, 7) is 0.585. The Balaban J connectivity index is 1.48. The van der Waals surface area contributed by atoms with E-state index in [1.165, 1.54) is 5.56 Å². The fourth-order valence-corrected chi connectivity index (χ4v) is 3.75. The van der Waals surface area contributed by atoms with Crippen LogP contribution in [0.15, 0.2) is 24.3 Å². The lowest BCUT2D eigenvalue weighted by molar-refractivity contribution is -0.126. The van der Waals surface area contributed by atoms with Gasteiger partial charge in [0.1, 0.15) is 0 Å². The Morgan fingerprint density at radius 1 is 1.26 bits per heavy atom. The maximum atomic E-state index is 12.1. The molecule has 1 aliphatic heterocycles. The molecule has 2 N–H and O–H groups in total. The van der Waals surface area contributed by atoms with Gasteiger partial charge in [-0.15, -0.1) is 0 Å². The fourth-order valence-electron chi connectivity index (χ4n) is 3.55. The van der Waals surface area contributed by atoms with Crippen molar-refractivity contribution >= 4 is 23.5 Å². The zero-order chi connectivity index (χ0) is 16.4. The van der Waals surface area contributed by atoms with Crippen molar-refractivity contribution < 1.29 is 9.59 Å². The van der Waals surface area contributed by atoms with Gasteiger partial charge in [-0.25, -0.2) is 4.79 Å². The largest absolute Gasteiger partial charge is 0.344 e. The molecule has 124 valence electrons. The summed E-state index contributed by atoms with van der Waals surface area (Å²) in [5, 5.41) is 6.69. The van der Waals surface area contributed by atoms with Gasteiger partial charge in [0, 0.05) is 31.1 Å². The van der Waals surface area contributed by atoms with Gasteiger partial charge in [-0.1, -0.05) is 23.7 Å². The molecule has 0 aromatic heterocycles. The number of halogens is 1. The summed E-state index contributed by atoms with van der Waals surface area (Å²) >= 11 is 6.05. The first kappa shape index (κ1) is 16.1. The highest BCUT2D eigenvalue weighted by Crippen LogP contribution is 2.35. The minimum absolute atomic E-state index is 0.0807. The SMILES string of the molecule is CN1CC(NC(=O)NC2CCC(c3cccc(Cl)c3)C2)CC1=O. The Bertz CT molecular complexity index is 607. The number of hydrogen-bond acceptors (Lipinski definition) is 2. The molecule has 2 aliphatic rings. The zero-order valence-electron chi connectivity index (χ0n) is 13.2. The molecule has 1 aromatic carbocycles. The highest BCUT2D eigenvalue weighted by atomic mass is 35.5. The maximum Gasteiger partial charge on any atom is 0.315 e. The highest BCUT2D eigenvalue weighted by Gasteiger charge is 2.30. The lowest BCUT2D eigenvalue weighted by atomic mass is 9.97. The van der Waals surface area contributed by atoms with Crippen LogP contribution in [0.4, 0.5) is 4.79 Å². The topological polar surface area (TPSA) is 61.4 Å². The van der Waals surface area contributed by atoms with Crippen molar-refractivity contribution in [3.8, 4) is 0 Å². The van der Waals surface area contributed by atoms with E-state index in [1.807, 2.05) is 18.2 Å². The number of likely N-dealkylation sites (N-methyl/N-ethyl adjacent to an activating group) is 1. The molecule has 0 bridgehead atoms. The molecular formula is C17H22ClN3O2. The van der Waals surface area contributed by atoms with Crippen LogP contribution in [0.25, 0.3) is 0 Å². The number of hydrogen-bond donors (Lipinski definition) is 2. The van der Waals surface area contributed by atoms with Crippen molar-refractivity contribution in [1.82, 2.24) is 15.5 Å². The molecule has 3 atom stereocenters. The summed E-state index contributed by atoms with van der Waals surface area (Å²) in [4.78, 5) is 25.2. The van der Waals surface area contributed by atoms with Gasteiger partial charge in [-0.2, -0.15) is 0 Å². The molecule has 6 heteroatoms. The number of amides is 3.